The average Bonchev–Trinajstić information content (AvgIpc) is 3.16. The van der Waals surface area contributed by atoms with Gasteiger partial charge in [-0.2, -0.15) is 5.21 Å². The molecule has 1 aromatic heterocycles. The molecule has 2 aromatic carbocycles. The number of hydrogen-bond acceptors (Lipinski definition) is 6. The fraction of sp³-hybridized carbons (Fsp3) is 0.188. The molecule has 0 saturated carbocycles. The minimum Gasteiger partial charge on any atom is -0.392 e. The van der Waals surface area contributed by atoms with Gasteiger partial charge in [-0.05, 0) is 28.0 Å². The van der Waals surface area contributed by atoms with E-state index in [4.69, 9.17) is 10.2 Å². The zero-order valence-corrected chi connectivity index (χ0v) is 14.7. The zero-order valence-electron chi connectivity index (χ0n) is 13.8. The first kappa shape index (κ1) is 18.7. The number of aliphatic hydroxyl groups excluding tert-OH is 1. The highest BCUT2D eigenvalue weighted by Crippen LogP contribution is 2.34. The molecule has 0 atom stereocenters. The van der Waals surface area contributed by atoms with Gasteiger partial charge in [-0.15, -0.1) is 10.2 Å². The third kappa shape index (κ3) is 4.08. The Bertz CT molecular complexity index is 923. The number of nitrogens with zero attached hydrogens (tertiary/aromatic N) is 3. The maximum atomic E-state index is 11.9. The Balaban J connectivity index is 0.00000109. The van der Waals surface area contributed by atoms with Gasteiger partial charge in [0.15, 0.2) is 0 Å². The number of rotatable bonds is 4. The Kier molecular flexibility index (Phi) is 5.97. The lowest BCUT2D eigenvalue weighted by Gasteiger charge is -2.11. The Morgan fingerprint density at radius 2 is 1.80 bits per heavy atom. The highest BCUT2D eigenvalue weighted by atomic mass is 32.2. The zero-order chi connectivity index (χ0) is 18.4. The van der Waals surface area contributed by atoms with E-state index < -0.39 is 10.0 Å². The predicted octanol–water partition coefficient (Wildman–Crippen LogP) is 1.70. The lowest BCUT2D eigenvalue weighted by Crippen LogP contribution is -2.14. The highest BCUT2D eigenvalue weighted by molar-refractivity contribution is 7.89. The largest absolute Gasteiger partial charge is 0.392 e. The molecule has 3 rings (SSSR count). The molecule has 0 saturated heterocycles. The summed E-state index contributed by atoms with van der Waals surface area (Å²) < 4.78 is 23.8. The number of aliphatic hydroxyl groups is 1. The third-order valence-corrected chi connectivity index (χ3v) is 4.30. The second-order valence-corrected chi connectivity index (χ2v) is 6.34. The molecule has 0 aliphatic rings. The second kappa shape index (κ2) is 7.97. The van der Waals surface area contributed by atoms with Gasteiger partial charge >= 0.3 is 0 Å². The Morgan fingerprint density at radius 3 is 2.32 bits per heavy atom. The first-order valence-electron chi connectivity index (χ1n) is 7.60. The summed E-state index contributed by atoms with van der Waals surface area (Å²) in [5.74, 6) is 0.135. The lowest BCUT2D eigenvalue weighted by atomic mass is 9.98. The monoisotopic (exact) mass is 361 g/mol. The van der Waals surface area contributed by atoms with Crippen LogP contribution in [0.5, 0.6) is 0 Å². The van der Waals surface area contributed by atoms with E-state index in [2.05, 4.69) is 20.6 Å². The van der Waals surface area contributed by atoms with E-state index in [0.29, 0.717) is 5.56 Å². The van der Waals surface area contributed by atoms with Crippen molar-refractivity contribution in [3.63, 3.8) is 0 Å². The van der Waals surface area contributed by atoms with Crippen molar-refractivity contribution in [3.8, 4) is 22.5 Å². The average molecular weight is 361 g/mol. The topological polar surface area (TPSA) is 135 Å². The van der Waals surface area contributed by atoms with Gasteiger partial charge in [-0.3, -0.25) is 0 Å². The van der Waals surface area contributed by atoms with Crippen molar-refractivity contribution in [2.75, 3.05) is 0 Å². The van der Waals surface area contributed by atoms with Gasteiger partial charge in [0.1, 0.15) is 0 Å². The minimum absolute atomic E-state index is 0.0742. The van der Waals surface area contributed by atoms with Crippen LogP contribution >= 0.6 is 0 Å². The molecule has 0 bridgehead atoms. The number of primary sulfonamides is 1. The smallest absolute Gasteiger partial charge is 0.238 e. The summed E-state index contributed by atoms with van der Waals surface area (Å²) in [4.78, 5) is -0.0809. The van der Waals surface area contributed by atoms with Crippen LogP contribution in [0.15, 0.2) is 47.4 Å². The molecular formula is C16H19N5O3S. The number of hydrogen-bond donors (Lipinski definition) is 3. The first-order chi connectivity index (χ1) is 12.0. The van der Waals surface area contributed by atoms with Crippen molar-refractivity contribution in [2.45, 2.75) is 25.3 Å². The third-order valence-electron chi connectivity index (χ3n) is 3.35. The van der Waals surface area contributed by atoms with Crippen LogP contribution in [0.4, 0.5) is 0 Å². The Morgan fingerprint density at radius 1 is 1.12 bits per heavy atom. The molecule has 1 heterocycles. The van der Waals surface area contributed by atoms with Gasteiger partial charge in [0.2, 0.25) is 15.8 Å². The molecule has 9 heteroatoms. The first-order valence-corrected chi connectivity index (χ1v) is 9.15. The molecule has 4 N–H and O–H groups in total. The van der Waals surface area contributed by atoms with Crippen LogP contribution in [0.1, 0.15) is 19.4 Å². The number of benzene rings is 2. The summed E-state index contributed by atoms with van der Waals surface area (Å²) in [5.41, 5.74) is 2.37. The van der Waals surface area contributed by atoms with E-state index >= 15 is 0 Å². The van der Waals surface area contributed by atoms with Gasteiger partial charge in [0, 0.05) is 0 Å². The van der Waals surface area contributed by atoms with Gasteiger partial charge in [-0.1, -0.05) is 50.2 Å². The molecule has 0 fully saturated rings. The fourth-order valence-electron chi connectivity index (χ4n) is 2.30. The molecule has 3 aromatic rings. The van der Waals surface area contributed by atoms with Crippen molar-refractivity contribution in [3.05, 3.63) is 48.0 Å². The molecule has 0 radical (unpaired) electrons. The number of nitrogens with one attached hydrogen (secondary N) is 1. The number of H-pyrrole nitrogens is 1. The van der Waals surface area contributed by atoms with Crippen molar-refractivity contribution < 1.29 is 13.5 Å². The van der Waals surface area contributed by atoms with Crippen molar-refractivity contribution >= 4 is 10.0 Å². The molecule has 0 amide bonds. The molecule has 0 spiro atoms. The standard InChI is InChI=1S/C14H13N5O3S.C2H6/c15-23(21,22)12-3-1-2-11(13(12)14-16-18-19-17-14)10-6-4-9(8-20)5-7-10;1-2/h1-7,20H,8H2,(H2,15,21,22)(H,16,17,18,19);1-2H3. The maximum absolute atomic E-state index is 11.9. The molecular weight excluding hydrogens is 342 g/mol. The van der Waals surface area contributed by atoms with E-state index in [-0.39, 0.29) is 22.9 Å². The number of nitrogens with two attached hydrogens (primary N) is 1. The van der Waals surface area contributed by atoms with Crippen molar-refractivity contribution in [1.29, 1.82) is 0 Å². The van der Waals surface area contributed by atoms with Crippen LogP contribution in [0.3, 0.4) is 0 Å². The van der Waals surface area contributed by atoms with E-state index in [1.54, 1.807) is 36.4 Å². The predicted molar refractivity (Wildman–Crippen MR) is 93.7 cm³/mol. The van der Waals surface area contributed by atoms with Crippen molar-refractivity contribution in [2.24, 2.45) is 5.14 Å². The van der Waals surface area contributed by atoms with Crippen LogP contribution < -0.4 is 5.14 Å². The molecule has 0 aliphatic carbocycles. The quantitative estimate of drug-likeness (QED) is 0.647. The summed E-state index contributed by atoms with van der Waals surface area (Å²) in [6, 6.07) is 11.8. The van der Waals surface area contributed by atoms with Gasteiger partial charge in [0.25, 0.3) is 0 Å². The van der Waals surface area contributed by atoms with Gasteiger partial charge < -0.3 is 5.11 Å². The van der Waals surface area contributed by atoms with Crippen LogP contribution in [-0.2, 0) is 16.6 Å². The molecule has 0 unspecified atom stereocenters. The van der Waals surface area contributed by atoms with Crippen molar-refractivity contribution in [1.82, 2.24) is 20.6 Å². The summed E-state index contributed by atoms with van der Waals surface area (Å²) in [5, 5.41) is 28.0. The van der Waals surface area contributed by atoms with Crippen LogP contribution in [0, 0.1) is 0 Å². The maximum Gasteiger partial charge on any atom is 0.238 e. The highest BCUT2D eigenvalue weighted by Gasteiger charge is 2.22. The molecule has 0 aliphatic heterocycles. The Hall–Kier alpha value is -2.62. The van der Waals surface area contributed by atoms with Gasteiger partial charge in [-0.25, -0.2) is 13.6 Å². The van der Waals surface area contributed by atoms with E-state index in [1.807, 2.05) is 13.8 Å². The Labute approximate surface area is 145 Å². The fourth-order valence-corrected chi connectivity index (χ4v) is 3.05. The second-order valence-electron chi connectivity index (χ2n) is 4.81. The number of sulfonamides is 1. The molecule has 132 valence electrons. The number of tetrazole rings is 1. The van der Waals surface area contributed by atoms with Crippen LogP contribution in [-0.4, -0.2) is 34.1 Å². The molecule has 25 heavy (non-hydrogen) atoms. The number of aromatic nitrogens is 4. The molecule has 8 nitrogen and oxygen atoms in total. The summed E-state index contributed by atoms with van der Waals surface area (Å²) in [6.45, 7) is 3.93. The lowest BCUT2D eigenvalue weighted by molar-refractivity contribution is 0.282. The van der Waals surface area contributed by atoms with E-state index in [9.17, 15) is 8.42 Å². The SMILES string of the molecule is CC.NS(=O)(=O)c1cccc(-c2ccc(CO)cc2)c1-c1nn[nH]n1. The number of aromatic amines is 1. The summed E-state index contributed by atoms with van der Waals surface area (Å²) in [6.07, 6.45) is 0. The van der Waals surface area contributed by atoms with Crippen LogP contribution in [0.2, 0.25) is 0 Å². The minimum atomic E-state index is -3.96. The summed E-state index contributed by atoms with van der Waals surface area (Å²) in [7, 11) is -3.96. The van der Waals surface area contributed by atoms with E-state index in [1.165, 1.54) is 6.07 Å². The van der Waals surface area contributed by atoms with Crippen LogP contribution in [0.25, 0.3) is 22.5 Å². The van der Waals surface area contributed by atoms with E-state index in [0.717, 1.165) is 11.1 Å². The van der Waals surface area contributed by atoms with Gasteiger partial charge in [0.05, 0.1) is 17.1 Å². The summed E-state index contributed by atoms with van der Waals surface area (Å²) >= 11 is 0. The normalized spacial score (nSPS) is 10.9.